The number of benzene rings is 2. The summed E-state index contributed by atoms with van der Waals surface area (Å²) < 4.78 is 6.22. The number of aromatic nitrogens is 3. The van der Waals surface area contributed by atoms with Crippen molar-refractivity contribution in [3.63, 3.8) is 0 Å². The molecule has 4 aromatic rings. The van der Waals surface area contributed by atoms with Crippen LogP contribution >= 0.6 is 0 Å². The first-order valence-electron chi connectivity index (χ1n) is 12.7. The van der Waals surface area contributed by atoms with Crippen LogP contribution in [0.3, 0.4) is 0 Å². The monoisotopic (exact) mass is 456 g/mol. The average Bonchev–Trinajstić information content (AvgIpc) is 3.35. The van der Waals surface area contributed by atoms with E-state index in [0.717, 1.165) is 42.4 Å². The number of hydrogen-bond acceptors (Lipinski definition) is 5. The van der Waals surface area contributed by atoms with Crippen molar-refractivity contribution in [1.82, 2.24) is 20.5 Å². The SMILES string of the molecule is CCCCCC(Cc1nnc(-c2ccc(CNCCCC)c3ncccc23)o1)c1ccccc1. The van der Waals surface area contributed by atoms with E-state index < -0.39 is 0 Å². The summed E-state index contributed by atoms with van der Waals surface area (Å²) in [6.45, 7) is 6.27. The lowest BCUT2D eigenvalue weighted by Crippen LogP contribution is -2.14. The molecule has 2 heterocycles. The Hall–Kier alpha value is -3.05. The van der Waals surface area contributed by atoms with Crippen molar-refractivity contribution < 1.29 is 4.42 Å². The quantitative estimate of drug-likeness (QED) is 0.218. The van der Waals surface area contributed by atoms with E-state index in [2.05, 4.69) is 82.9 Å². The maximum Gasteiger partial charge on any atom is 0.248 e. The summed E-state index contributed by atoms with van der Waals surface area (Å²) in [6, 6.07) is 19.0. The molecule has 178 valence electrons. The van der Waals surface area contributed by atoms with Crippen molar-refractivity contribution in [2.75, 3.05) is 6.54 Å². The van der Waals surface area contributed by atoms with Crippen LogP contribution < -0.4 is 5.32 Å². The summed E-state index contributed by atoms with van der Waals surface area (Å²) in [6.07, 6.45) is 9.78. The van der Waals surface area contributed by atoms with Crippen LogP contribution in [0.2, 0.25) is 0 Å². The minimum Gasteiger partial charge on any atom is -0.421 e. The summed E-state index contributed by atoms with van der Waals surface area (Å²) in [5, 5.41) is 13.4. The highest BCUT2D eigenvalue weighted by Gasteiger charge is 2.18. The van der Waals surface area contributed by atoms with Crippen molar-refractivity contribution in [3.05, 3.63) is 77.8 Å². The molecule has 5 nitrogen and oxygen atoms in total. The third-order valence-corrected chi connectivity index (χ3v) is 6.42. The Balaban J connectivity index is 1.55. The fraction of sp³-hybridized carbons (Fsp3) is 0.414. The molecular weight excluding hydrogens is 420 g/mol. The number of unbranched alkanes of at least 4 members (excludes halogenated alkanes) is 3. The molecule has 1 unspecified atom stereocenters. The average molecular weight is 457 g/mol. The van der Waals surface area contributed by atoms with Gasteiger partial charge in [-0.3, -0.25) is 4.98 Å². The molecule has 0 radical (unpaired) electrons. The Kier molecular flexibility index (Phi) is 8.80. The standard InChI is InChI=1S/C29H36N4O/c1-3-5-8-14-23(22-12-9-7-10-13-22)20-27-32-33-29(34-27)26-17-16-24(21-30-18-6-4-2)28-25(26)15-11-19-31-28/h7,9-13,15-17,19,23,30H,3-6,8,14,18,20-21H2,1-2H3. The summed E-state index contributed by atoms with van der Waals surface area (Å²) in [5.41, 5.74) is 4.47. The number of pyridine rings is 1. The van der Waals surface area contributed by atoms with Gasteiger partial charge in [-0.15, -0.1) is 10.2 Å². The highest BCUT2D eigenvalue weighted by atomic mass is 16.4. The number of hydrogen-bond donors (Lipinski definition) is 1. The largest absolute Gasteiger partial charge is 0.421 e. The van der Waals surface area contributed by atoms with Crippen molar-refractivity contribution in [1.29, 1.82) is 0 Å². The Bertz CT molecular complexity index is 1160. The second kappa shape index (κ2) is 12.4. The molecule has 4 rings (SSSR count). The molecule has 0 aliphatic rings. The van der Waals surface area contributed by atoms with Gasteiger partial charge in [0, 0.05) is 30.1 Å². The lowest BCUT2D eigenvalue weighted by Gasteiger charge is -2.15. The Morgan fingerprint density at radius 3 is 2.56 bits per heavy atom. The van der Waals surface area contributed by atoms with Crippen LogP contribution in [0, 0.1) is 0 Å². The molecule has 0 saturated heterocycles. The molecule has 1 N–H and O–H groups in total. The molecule has 2 aromatic carbocycles. The van der Waals surface area contributed by atoms with E-state index in [1.807, 2.05) is 12.3 Å². The van der Waals surface area contributed by atoms with Crippen molar-refractivity contribution >= 4 is 10.9 Å². The topological polar surface area (TPSA) is 63.8 Å². The third-order valence-electron chi connectivity index (χ3n) is 6.42. The van der Waals surface area contributed by atoms with Crippen LogP contribution in [0.5, 0.6) is 0 Å². The number of nitrogens with zero attached hydrogens (tertiary/aromatic N) is 3. The maximum absolute atomic E-state index is 6.22. The zero-order valence-corrected chi connectivity index (χ0v) is 20.5. The fourth-order valence-electron chi connectivity index (χ4n) is 4.49. The molecule has 0 aliphatic carbocycles. The van der Waals surface area contributed by atoms with E-state index >= 15 is 0 Å². The summed E-state index contributed by atoms with van der Waals surface area (Å²) in [7, 11) is 0. The van der Waals surface area contributed by atoms with E-state index in [1.54, 1.807) is 0 Å². The third kappa shape index (κ3) is 6.09. The molecule has 0 amide bonds. The van der Waals surface area contributed by atoms with E-state index in [4.69, 9.17) is 4.42 Å². The molecular formula is C29H36N4O. The Morgan fingerprint density at radius 1 is 0.882 bits per heavy atom. The molecule has 2 aromatic heterocycles. The Morgan fingerprint density at radius 2 is 1.74 bits per heavy atom. The summed E-state index contributed by atoms with van der Waals surface area (Å²) >= 11 is 0. The second-order valence-electron chi connectivity index (χ2n) is 9.01. The van der Waals surface area contributed by atoms with Gasteiger partial charge in [0.2, 0.25) is 11.8 Å². The second-order valence-corrected chi connectivity index (χ2v) is 9.01. The van der Waals surface area contributed by atoms with Crippen LogP contribution in [0.15, 0.2) is 65.2 Å². The molecule has 0 fully saturated rings. The first-order valence-corrected chi connectivity index (χ1v) is 12.7. The molecule has 0 spiro atoms. The number of rotatable bonds is 13. The van der Waals surface area contributed by atoms with Gasteiger partial charge in [-0.1, -0.05) is 82.0 Å². The van der Waals surface area contributed by atoms with Gasteiger partial charge < -0.3 is 9.73 Å². The molecule has 0 bridgehead atoms. The number of nitrogens with one attached hydrogen (secondary N) is 1. The number of fused-ring (bicyclic) bond motifs is 1. The van der Waals surface area contributed by atoms with Crippen LogP contribution in [0.25, 0.3) is 22.4 Å². The summed E-state index contributed by atoms with van der Waals surface area (Å²) in [4.78, 5) is 4.67. The van der Waals surface area contributed by atoms with Crippen LogP contribution in [-0.2, 0) is 13.0 Å². The molecule has 0 aliphatic heterocycles. The Labute approximate surface area is 203 Å². The first kappa shape index (κ1) is 24.1. The van der Waals surface area contributed by atoms with Crippen LogP contribution in [0.4, 0.5) is 0 Å². The van der Waals surface area contributed by atoms with Crippen LogP contribution in [-0.4, -0.2) is 21.7 Å². The van der Waals surface area contributed by atoms with Gasteiger partial charge in [-0.2, -0.15) is 0 Å². The predicted molar refractivity (Wildman–Crippen MR) is 139 cm³/mol. The van der Waals surface area contributed by atoms with Gasteiger partial charge in [-0.05, 0) is 48.6 Å². The van der Waals surface area contributed by atoms with Crippen LogP contribution in [0.1, 0.15) is 75.3 Å². The van der Waals surface area contributed by atoms with Crippen molar-refractivity contribution in [2.24, 2.45) is 0 Å². The zero-order valence-electron chi connectivity index (χ0n) is 20.5. The van der Waals surface area contributed by atoms with E-state index in [0.29, 0.717) is 17.7 Å². The van der Waals surface area contributed by atoms with E-state index in [-0.39, 0.29) is 0 Å². The minimum absolute atomic E-state index is 0.385. The highest BCUT2D eigenvalue weighted by molar-refractivity contribution is 5.94. The molecule has 34 heavy (non-hydrogen) atoms. The van der Waals surface area contributed by atoms with E-state index in [9.17, 15) is 0 Å². The molecule has 1 atom stereocenters. The fourth-order valence-corrected chi connectivity index (χ4v) is 4.49. The van der Waals surface area contributed by atoms with Gasteiger partial charge in [0.1, 0.15) is 0 Å². The molecule has 0 saturated carbocycles. The van der Waals surface area contributed by atoms with Gasteiger partial charge >= 0.3 is 0 Å². The summed E-state index contributed by atoms with van der Waals surface area (Å²) in [5.74, 6) is 1.65. The van der Waals surface area contributed by atoms with E-state index in [1.165, 1.54) is 43.2 Å². The minimum atomic E-state index is 0.385. The zero-order chi connectivity index (χ0) is 23.6. The lowest BCUT2D eigenvalue weighted by atomic mass is 9.90. The smallest absolute Gasteiger partial charge is 0.248 e. The predicted octanol–water partition coefficient (Wildman–Crippen LogP) is 7.08. The van der Waals surface area contributed by atoms with Crippen molar-refractivity contribution in [2.45, 2.75) is 71.3 Å². The van der Waals surface area contributed by atoms with Gasteiger partial charge in [0.15, 0.2) is 0 Å². The van der Waals surface area contributed by atoms with Gasteiger partial charge in [0.05, 0.1) is 5.52 Å². The van der Waals surface area contributed by atoms with Gasteiger partial charge in [-0.25, -0.2) is 0 Å². The highest BCUT2D eigenvalue weighted by Crippen LogP contribution is 2.31. The van der Waals surface area contributed by atoms with Crippen molar-refractivity contribution in [3.8, 4) is 11.5 Å². The molecule has 5 heteroatoms. The van der Waals surface area contributed by atoms with Gasteiger partial charge in [0.25, 0.3) is 0 Å². The first-order chi connectivity index (χ1) is 16.8. The normalized spacial score (nSPS) is 12.3. The lowest BCUT2D eigenvalue weighted by molar-refractivity contribution is 0.461. The maximum atomic E-state index is 6.22.